The molecule has 0 spiro atoms. The normalized spacial score (nSPS) is 46.2. The second-order valence-corrected chi connectivity index (χ2v) is 12.8. The van der Waals surface area contributed by atoms with Crippen LogP contribution in [0.3, 0.4) is 0 Å². The third-order valence-electron chi connectivity index (χ3n) is 11.1. The lowest BCUT2D eigenvalue weighted by molar-refractivity contribution is -0.188. The van der Waals surface area contributed by atoms with E-state index in [1.54, 1.807) is 5.57 Å². The van der Waals surface area contributed by atoms with Crippen LogP contribution in [0.5, 0.6) is 0 Å². The minimum atomic E-state index is -0.183. The van der Waals surface area contributed by atoms with E-state index in [2.05, 4.69) is 63.9 Å². The number of hydrogen-bond acceptors (Lipinski definition) is 4. The highest BCUT2D eigenvalue weighted by Gasteiger charge is 2.59. The van der Waals surface area contributed by atoms with Crippen LogP contribution in [0.15, 0.2) is 29.0 Å². The maximum Gasteiger partial charge on any atom is 0.177 e. The fraction of sp³-hybridized carbons (Fsp3) is 0.781. The van der Waals surface area contributed by atoms with E-state index in [1.807, 2.05) is 0 Å². The summed E-state index contributed by atoms with van der Waals surface area (Å²) in [6.07, 6.45) is 23.6. The molecule has 0 aromatic rings. The molecule has 5 aliphatic rings. The van der Waals surface area contributed by atoms with Gasteiger partial charge in [-0.15, -0.1) is 6.42 Å². The van der Waals surface area contributed by atoms with E-state index in [0.29, 0.717) is 22.7 Å². The van der Waals surface area contributed by atoms with E-state index >= 15 is 0 Å². The number of rotatable bonds is 6. The standard InChI is InChI=1S/C32H47NO3/c1-7-19-34-33-22(4)26-12-13-27-25-11-10-23-20-24(35-30-14-9-21(3)29(8-2)36-30)15-17-31(23,5)28(25)16-18-32(26,27)6/h1,9-10,14,21,24-30H,8,11-13,15-20H2,2-6H3/b33-22+/t21-,24-,25?,26+,27?,28?,29+,30?,31-,32+/m0/s1. The predicted octanol–water partition coefficient (Wildman–Crippen LogP) is 7.30. The molecule has 0 radical (unpaired) electrons. The first-order valence-electron chi connectivity index (χ1n) is 14.6. The van der Waals surface area contributed by atoms with Crippen LogP contribution in [0.4, 0.5) is 0 Å². The SMILES string of the molecule is C#CCO/N=C(\C)[C@H]1CCC2C3CC=C4C[C@@H](OC5C=C[C@H](C)[C@@H](CC)O5)CC[C@]4(C)C3CC[C@@]21C. The maximum absolute atomic E-state index is 6.52. The van der Waals surface area contributed by atoms with Gasteiger partial charge in [-0.3, -0.25) is 0 Å². The summed E-state index contributed by atoms with van der Waals surface area (Å²) in [7, 11) is 0. The molecule has 5 rings (SSSR count). The Kier molecular flexibility index (Phi) is 7.45. The zero-order chi connectivity index (χ0) is 25.5. The first kappa shape index (κ1) is 26.1. The molecule has 4 heteroatoms. The molecular weight excluding hydrogens is 446 g/mol. The van der Waals surface area contributed by atoms with Crippen molar-refractivity contribution in [1.82, 2.24) is 0 Å². The van der Waals surface area contributed by atoms with Crippen LogP contribution in [0.25, 0.3) is 0 Å². The molecule has 0 bridgehead atoms. The lowest BCUT2D eigenvalue weighted by atomic mass is 9.47. The fourth-order valence-electron chi connectivity index (χ4n) is 9.13. The number of fused-ring (bicyclic) bond motifs is 5. The van der Waals surface area contributed by atoms with E-state index < -0.39 is 0 Å². The Morgan fingerprint density at radius 3 is 2.78 bits per heavy atom. The van der Waals surface area contributed by atoms with Crippen molar-refractivity contribution in [2.75, 3.05) is 6.61 Å². The van der Waals surface area contributed by atoms with Gasteiger partial charge in [0.25, 0.3) is 0 Å². The molecule has 0 aromatic heterocycles. The van der Waals surface area contributed by atoms with Gasteiger partial charge in [0, 0.05) is 11.8 Å². The van der Waals surface area contributed by atoms with Gasteiger partial charge in [-0.25, -0.2) is 0 Å². The molecule has 36 heavy (non-hydrogen) atoms. The molecule has 3 fully saturated rings. The molecule has 0 saturated heterocycles. The van der Waals surface area contributed by atoms with Gasteiger partial charge in [-0.2, -0.15) is 0 Å². The molecule has 3 saturated carbocycles. The van der Waals surface area contributed by atoms with Crippen LogP contribution in [-0.4, -0.2) is 30.8 Å². The second kappa shape index (κ2) is 10.3. The van der Waals surface area contributed by atoms with Crippen molar-refractivity contribution in [2.24, 2.45) is 45.6 Å². The lowest BCUT2D eigenvalue weighted by Crippen LogP contribution is -2.51. The van der Waals surface area contributed by atoms with Crippen molar-refractivity contribution >= 4 is 5.71 Å². The average molecular weight is 494 g/mol. The molecule has 4 aliphatic carbocycles. The predicted molar refractivity (Wildman–Crippen MR) is 145 cm³/mol. The van der Waals surface area contributed by atoms with Crippen LogP contribution in [0.1, 0.15) is 92.4 Å². The van der Waals surface area contributed by atoms with Crippen molar-refractivity contribution < 1.29 is 14.3 Å². The lowest BCUT2D eigenvalue weighted by Gasteiger charge is -2.58. The summed E-state index contributed by atoms with van der Waals surface area (Å²) in [6.45, 7) is 12.0. The molecule has 1 heterocycles. The quantitative estimate of drug-likeness (QED) is 0.128. The molecule has 1 aliphatic heterocycles. The van der Waals surface area contributed by atoms with Crippen LogP contribution < -0.4 is 0 Å². The van der Waals surface area contributed by atoms with Crippen LogP contribution in [0.2, 0.25) is 0 Å². The fourth-order valence-corrected chi connectivity index (χ4v) is 9.13. The number of oxime groups is 1. The van der Waals surface area contributed by atoms with E-state index in [9.17, 15) is 0 Å². The highest BCUT2D eigenvalue weighted by molar-refractivity contribution is 5.85. The largest absolute Gasteiger partial charge is 0.383 e. The van der Waals surface area contributed by atoms with Crippen molar-refractivity contribution in [1.29, 1.82) is 0 Å². The number of hydrogen-bond donors (Lipinski definition) is 0. The minimum Gasteiger partial charge on any atom is -0.383 e. The summed E-state index contributed by atoms with van der Waals surface area (Å²) < 4.78 is 12.8. The summed E-state index contributed by atoms with van der Waals surface area (Å²) in [6, 6.07) is 0. The molecule has 0 aromatic carbocycles. The van der Waals surface area contributed by atoms with Crippen LogP contribution in [0, 0.1) is 52.8 Å². The first-order chi connectivity index (χ1) is 17.3. The smallest absolute Gasteiger partial charge is 0.177 e. The number of nitrogens with zero attached hydrogens (tertiary/aromatic N) is 1. The summed E-state index contributed by atoms with van der Waals surface area (Å²) in [5, 5.41) is 4.42. The Morgan fingerprint density at radius 1 is 1.17 bits per heavy atom. The molecule has 198 valence electrons. The summed E-state index contributed by atoms with van der Waals surface area (Å²) in [4.78, 5) is 5.37. The third kappa shape index (κ3) is 4.49. The molecule has 0 N–H and O–H groups in total. The van der Waals surface area contributed by atoms with Gasteiger partial charge in [0.05, 0.1) is 17.9 Å². The van der Waals surface area contributed by atoms with Gasteiger partial charge in [-0.1, -0.05) is 56.5 Å². The minimum absolute atomic E-state index is 0.183. The summed E-state index contributed by atoms with van der Waals surface area (Å²) in [5.41, 5.74) is 3.46. The monoisotopic (exact) mass is 493 g/mol. The molecule has 0 amide bonds. The van der Waals surface area contributed by atoms with Gasteiger partial charge in [-0.05, 0) is 99.4 Å². The Bertz CT molecular complexity index is 946. The maximum atomic E-state index is 6.52. The Morgan fingerprint density at radius 2 is 2.00 bits per heavy atom. The molecule has 10 atom stereocenters. The Labute approximate surface area is 219 Å². The van der Waals surface area contributed by atoms with E-state index in [-0.39, 0.29) is 25.1 Å². The van der Waals surface area contributed by atoms with Crippen molar-refractivity contribution in [2.45, 2.75) is 111 Å². The number of allylic oxidation sites excluding steroid dienone is 1. The van der Waals surface area contributed by atoms with Crippen molar-refractivity contribution in [3.8, 4) is 12.3 Å². The summed E-state index contributed by atoms with van der Waals surface area (Å²) >= 11 is 0. The number of ether oxygens (including phenoxy) is 2. The zero-order valence-corrected chi connectivity index (χ0v) is 23.2. The Hall–Kier alpha value is -1.57. The Balaban J connectivity index is 1.27. The van der Waals surface area contributed by atoms with E-state index in [4.69, 9.17) is 20.7 Å². The molecular formula is C32H47NO3. The number of terminal acetylenes is 1. The second-order valence-electron chi connectivity index (χ2n) is 12.8. The highest BCUT2D eigenvalue weighted by atomic mass is 16.7. The van der Waals surface area contributed by atoms with Crippen molar-refractivity contribution in [3.63, 3.8) is 0 Å². The van der Waals surface area contributed by atoms with E-state index in [1.165, 1.54) is 38.5 Å². The first-order valence-corrected chi connectivity index (χ1v) is 14.6. The topological polar surface area (TPSA) is 40.0 Å². The van der Waals surface area contributed by atoms with Gasteiger partial charge < -0.3 is 14.3 Å². The van der Waals surface area contributed by atoms with Gasteiger partial charge in [0.1, 0.15) is 0 Å². The molecule has 4 unspecified atom stereocenters. The average Bonchev–Trinajstić information content (AvgIpc) is 3.23. The zero-order valence-electron chi connectivity index (χ0n) is 23.2. The van der Waals surface area contributed by atoms with Gasteiger partial charge in [0.2, 0.25) is 0 Å². The van der Waals surface area contributed by atoms with E-state index in [0.717, 1.165) is 42.7 Å². The summed E-state index contributed by atoms with van der Waals surface area (Å²) in [5.74, 6) is 5.87. The van der Waals surface area contributed by atoms with Gasteiger partial charge >= 0.3 is 0 Å². The highest BCUT2D eigenvalue weighted by Crippen LogP contribution is 2.66. The van der Waals surface area contributed by atoms with Crippen LogP contribution in [-0.2, 0) is 14.3 Å². The van der Waals surface area contributed by atoms with Gasteiger partial charge in [0.15, 0.2) is 12.9 Å². The molecule has 4 nitrogen and oxygen atoms in total. The van der Waals surface area contributed by atoms with Crippen LogP contribution >= 0.6 is 0 Å². The van der Waals surface area contributed by atoms with Crippen molar-refractivity contribution in [3.05, 3.63) is 23.8 Å². The third-order valence-corrected chi connectivity index (χ3v) is 11.1.